The van der Waals surface area contributed by atoms with E-state index in [1.54, 1.807) is 23.9 Å². The molecule has 0 atom stereocenters. The van der Waals surface area contributed by atoms with E-state index in [-0.39, 0.29) is 5.91 Å². The van der Waals surface area contributed by atoms with Gasteiger partial charge in [-0.3, -0.25) is 4.79 Å². The number of rotatable bonds is 4. The topological polar surface area (TPSA) is 69.0 Å². The molecule has 0 saturated heterocycles. The van der Waals surface area contributed by atoms with Crippen LogP contribution in [0.15, 0.2) is 48.5 Å². The fourth-order valence-corrected chi connectivity index (χ4v) is 3.66. The number of anilines is 1. The van der Waals surface area contributed by atoms with Crippen molar-refractivity contribution in [1.29, 1.82) is 0 Å². The van der Waals surface area contributed by atoms with Gasteiger partial charge in [-0.25, -0.2) is 9.67 Å². The number of amides is 1. The van der Waals surface area contributed by atoms with Gasteiger partial charge >= 0.3 is 0 Å². The maximum atomic E-state index is 13.2. The zero-order valence-electron chi connectivity index (χ0n) is 17.2. The van der Waals surface area contributed by atoms with E-state index in [2.05, 4.69) is 15.4 Å². The summed E-state index contributed by atoms with van der Waals surface area (Å²) in [4.78, 5) is 17.8. The number of nitrogens with one attached hydrogen (secondary N) is 1. The van der Waals surface area contributed by atoms with Crippen molar-refractivity contribution in [2.45, 2.75) is 20.8 Å². The van der Waals surface area contributed by atoms with Crippen LogP contribution in [0.1, 0.15) is 27.3 Å². The zero-order chi connectivity index (χ0) is 21.4. The second-order valence-electron chi connectivity index (χ2n) is 7.08. The number of benzene rings is 2. The highest BCUT2D eigenvalue weighted by molar-refractivity contribution is 6.31. The van der Waals surface area contributed by atoms with E-state index in [1.807, 2.05) is 57.2 Å². The molecule has 2 heterocycles. The molecule has 0 fully saturated rings. The number of methoxy groups -OCH3 is 1. The summed E-state index contributed by atoms with van der Waals surface area (Å²) in [6.07, 6.45) is 0. The molecule has 152 valence electrons. The van der Waals surface area contributed by atoms with Gasteiger partial charge in [-0.05, 0) is 56.7 Å². The Hall–Kier alpha value is -3.38. The van der Waals surface area contributed by atoms with E-state index >= 15 is 0 Å². The molecule has 0 aliphatic heterocycles. The average Bonchev–Trinajstić information content (AvgIpc) is 3.05. The Labute approximate surface area is 179 Å². The van der Waals surface area contributed by atoms with Gasteiger partial charge in [0.15, 0.2) is 5.65 Å². The summed E-state index contributed by atoms with van der Waals surface area (Å²) < 4.78 is 6.99. The molecule has 30 heavy (non-hydrogen) atoms. The minimum absolute atomic E-state index is 0.232. The molecule has 0 saturated carbocycles. The van der Waals surface area contributed by atoms with Crippen molar-refractivity contribution < 1.29 is 9.53 Å². The van der Waals surface area contributed by atoms with Crippen molar-refractivity contribution in [3.63, 3.8) is 0 Å². The van der Waals surface area contributed by atoms with Gasteiger partial charge in [0.1, 0.15) is 5.75 Å². The van der Waals surface area contributed by atoms with Crippen molar-refractivity contribution in [2.24, 2.45) is 0 Å². The van der Waals surface area contributed by atoms with Crippen molar-refractivity contribution in [3.05, 3.63) is 76.1 Å². The number of carbonyl (C=O) groups excluding carboxylic acids is 1. The number of hydrogen-bond donors (Lipinski definition) is 1. The summed E-state index contributed by atoms with van der Waals surface area (Å²) in [7, 11) is 1.59. The van der Waals surface area contributed by atoms with Gasteiger partial charge in [-0.2, -0.15) is 5.10 Å². The Kier molecular flexibility index (Phi) is 5.18. The van der Waals surface area contributed by atoms with Crippen LogP contribution >= 0.6 is 11.6 Å². The zero-order valence-corrected chi connectivity index (χ0v) is 17.9. The molecule has 6 nitrogen and oxygen atoms in total. The first-order chi connectivity index (χ1) is 14.4. The number of ether oxygens (including phenoxy) is 1. The molecular formula is C23H21ClN4O2. The fraction of sp³-hybridized carbons (Fsp3) is 0.174. The van der Waals surface area contributed by atoms with E-state index in [4.69, 9.17) is 16.3 Å². The molecular weight excluding hydrogens is 400 g/mol. The molecule has 0 unspecified atom stereocenters. The molecule has 0 bridgehead atoms. The number of hydrogen-bond acceptors (Lipinski definition) is 4. The minimum atomic E-state index is -0.232. The van der Waals surface area contributed by atoms with Crippen LogP contribution in [-0.2, 0) is 0 Å². The van der Waals surface area contributed by atoms with Gasteiger partial charge in [-0.1, -0.05) is 23.7 Å². The first-order valence-corrected chi connectivity index (χ1v) is 9.84. The summed E-state index contributed by atoms with van der Waals surface area (Å²) in [5, 5.41) is 8.98. The average molecular weight is 421 g/mol. The number of carbonyl (C=O) groups is 1. The van der Waals surface area contributed by atoms with Gasteiger partial charge in [0, 0.05) is 22.5 Å². The third kappa shape index (κ3) is 3.50. The molecule has 0 spiro atoms. The molecule has 2 aromatic carbocycles. The number of aryl methyl sites for hydroxylation is 2. The number of pyridine rings is 1. The SMILES string of the molecule is COc1cccc(NC(=O)c2cc(C)nc3c2c(C)nn3-c2cccc(Cl)c2C)c1. The standard InChI is InChI=1S/C23H21ClN4O2/c1-13-11-18(23(29)26-16-7-5-8-17(12-16)30-4)21-15(3)27-28(22(21)25-13)20-10-6-9-19(24)14(20)2/h5-12H,1-4H3,(H,26,29). The van der Waals surface area contributed by atoms with Crippen LogP contribution in [0.2, 0.25) is 5.02 Å². The Morgan fingerprint density at radius 1 is 1.10 bits per heavy atom. The van der Waals surface area contributed by atoms with Crippen LogP contribution in [0.5, 0.6) is 5.75 Å². The maximum Gasteiger partial charge on any atom is 0.256 e. The van der Waals surface area contributed by atoms with Crippen LogP contribution in [0, 0.1) is 20.8 Å². The van der Waals surface area contributed by atoms with Gasteiger partial charge in [-0.15, -0.1) is 0 Å². The summed E-state index contributed by atoms with van der Waals surface area (Å²) in [6, 6.07) is 14.7. The van der Waals surface area contributed by atoms with E-state index in [0.717, 1.165) is 16.9 Å². The smallest absolute Gasteiger partial charge is 0.256 e. The predicted octanol–water partition coefficient (Wildman–Crippen LogP) is 5.26. The molecule has 4 rings (SSSR count). The van der Waals surface area contributed by atoms with Crippen LogP contribution in [0.4, 0.5) is 5.69 Å². The number of nitrogens with zero attached hydrogens (tertiary/aromatic N) is 3. The minimum Gasteiger partial charge on any atom is -0.497 e. The molecule has 7 heteroatoms. The first kappa shape index (κ1) is 19.9. The van der Waals surface area contributed by atoms with E-state index in [0.29, 0.717) is 38.8 Å². The van der Waals surface area contributed by atoms with Crippen molar-refractivity contribution in [2.75, 3.05) is 12.4 Å². The molecule has 0 aliphatic rings. The monoisotopic (exact) mass is 420 g/mol. The third-order valence-corrected chi connectivity index (χ3v) is 5.39. The van der Waals surface area contributed by atoms with Crippen LogP contribution in [0.3, 0.4) is 0 Å². The summed E-state index contributed by atoms with van der Waals surface area (Å²) in [5.74, 6) is 0.438. The molecule has 1 N–H and O–H groups in total. The second kappa shape index (κ2) is 7.80. The normalized spacial score (nSPS) is 11.0. The highest BCUT2D eigenvalue weighted by atomic mass is 35.5. The highest BCUT2D eigenvalue weighted by Crippen LogP contribution is 2.29. The predicted molar refractivity (Wildman–Crippen MR) is 119 cm³/mol. The largest absolute Gasteiger partial charge is 0.497 e. The van der Waals surface area contributed by atoms with Crippen LogP contribution < -0.4 is 10.1 Å². The van der Waals surface area contributed by atoms with E-state index in [9.17, 15) is 4.79 Å². The lowest BCUT2D eigenvalue weighted by Gasteiger charge is -2.10. The summed E-state index contributed by atoms with van der Waals surface area (Å²) in [5.41, 5.74) is 4.95. The maximum absolute atomic E-state index is 13.2. The second-order valence-corrected chi connectivity index (χ2v) is 7.48. The Balaban J connectivity index is 1.84. The van der Waals surface area contributed by atoms with Crippen molar-refractivity contribution in [1.82, 2.24) is 14.8 Å². The van der Waals surface area contributed by atoms with Gasteiger partial charge < -0.3 is 10.1 Å². The van der Waals surface area contributed by atoms with Crippen LogP contribution in [0.25, 0.3) is 16.7 Å². The lowest BCUT2D eigenvalue weighted by atomic mass is 10.1. The summed E-state index contributed by atoms with van der Waals surface area (Å²) in [6.45, 7) is 5.67. The van der Waals surface area contributed by atoms with Crippen LogP contribution in [-0.4, -0.2) is 27.8 Å². The Morgan fingerprint density at radius 3 is 2.63 bits per heavy atom. The first-order valence-electron chi connectivity index (χ1n) is 9.47. The Morgan fingerprint density at radius 2 is 1.87 bits per heavy atom. The van der Waals surface area contributed by atoms with E-state index < -0.39 is 0 Å². The molecule has 0 radical (unpaired) electrons. The molecule has 2 aromatic heterocycles. The lowest BCUT2D eigenvalue weighted by molar-refractivity contribution is 0.102. The van der Waals surface area contributed by atoms with Gasteiger partial charge in [0.05, 0.1) is 29.4 Å². The Bertz CT molecular complexity index is 1280. The number of halogens is 1. The number of fused-ring (bicyclic) bond motifs is 1. The van der Waals surface area contributed by atoms with E-state index in [1.165, 1.54) is 0 Å². The molecule has 4 aromatic rings. The molecule has 1 amide bonds. The number of aromatic nitrogens is 3. The van der Waals surface area contributed by atoms with Crippen molar-refractivity contribution >= 4 is 34.2 Å². The fourth-order valence-electron chi connectivity index (χ4n) is 3.49. The van der Waals surface area contributed by atoms with Crippen molar-refractivity contribution in [3.8, 4) is 11.4 Å². The lowest BCUT2D eigenvalue weighted by Crippen LogP contribution is -2.13. The summed E-state index contributed by atoms with van der Waals surface area (Å²) >= 11 is 6.31. The third-order valence-electron chi connectivity index (χ3n) is 4.98. The quantitative estimate of drug-likeness (QED) is 0.489. The van der Waals surface area contributed by atoms with Gasteiger partial charge in [0.25, 0.3) is 5.91 Å². The van der Waals surface area contributed by atoms with Gasteiger partial charge in [0.2, 0.25) is 0 Å². The highest BCUT2D eigenvalue weighted by Gasteiger charge is 2.20. The molecule has 0 aliphatic carbocycles.